The maximum atomic E-state index is 12.8. The van der Waals surface area contributed by atoms with E-state index in [2.05, 4.69) is 20.6 Å². The van der Waals surface area contributed by atoms with Crippen molar-refractivity contribution in [2.75, 3.05) is 41.8 Å². The number of aromatic nitrogens is 2. The largest absolute Gasteiger partial charge is 0.395 e. The zero-order valence-corrected chi connectivity index (χ0v) is 21.1. The monoisotopic (exact) mass is 509 g/mol. The van der Waals surface area contributed by atoms with Crippen molar-refractivity contribution in [1.82, 2.24) is 9.61 Å². The normalized spacial score (nSPS) is 12.3. The first kappa shape index (κ1) is 27.6. The molecule has 9 heteroatoms. The topological polar surface area (TPSA) is 81.9 Å². The van der Waals surface area contributed by atoms with Gasteiger partial charge >= 0.3 is 0 Å². The summed E-state index contributed by atoms with van der Waals surface area (Å²) in [7, 11) is 0. The van der Waals surface area contributed by atoms with Crippen LogP contribution >= 0.6 is 0 Å². The molecule has 0 atom stereocenters. The van der Waals surface area contributed by atoms with Gasteiger partial charge in [0, 0.05) is 42.9 Å². The Morgan fingerprint density at radius 2 is 1.54 bits per heavy atom. The van der Waals surface area contributed by atoms with E-state index in [4.69, 9.17) is 5.11 Å². The highest BCUT2D eigenvalue weighted by Crippen LogP contribution is 2.24. The molecule has 0 saturated carbocycles. The van der Waals surface area contributed by atoms with Crippen LogP contribution in [0.15, 0.2) is 73.1 Å². The van der Waals surface area contributed by atoms with Crippen molar-refractivity contribution in [2.45, 2.75) is 26.7 Å². The molecule has 3 heterocycles. The van der Waals surface area contributed by atoms with Gasteiger partial charge in [-0.05, 0) is 73.5 Å². The molecule has 1 fully saturated rings. The van der Waals surface area contributed by atoms with Crippen molar-refractivity contribution in [2.24, 2.45) is 0 Å². The Kier molecular flexibility index (Phi) is 10.4. The molecule has 0 aliphatic carbocycles. The van der Waals surface area contributed by atoms with E-state index in [1.807, 2.05) is 56.4 Å². The highest BCUT2D eigenvalue weighted by Gasteiger charge is 2.17. The molecule has 0 radical (unpaired) electrons. The molecule has 0 unspecified atom stereocenters. The lowest BCUT2D eigenvalue weighted by molar-refractivity contribution is 0.102. The van der Waals surface area contributed by atoms with E-state index in [1.54, 1.807) is 10.7 Å². The van der Waals surface area contributed by atoms with E-state index in [-0.39, 0.29) is 12.5 Å². The summed E-state index contributed by atoms with van der Waals surface area (Å²) in [5, 5.41) is 19.2. The number of hydrogen-bond donors (Lipinski definition) is 3. The van der Waals surface area contributed by atoms with Crippen LogP contribution in [0.2, 0.25) is 0 Å². The smallest absolute Gasteiger partial charge is 0.259 e. The third kappa shape index (κ3) is 7.75. The van der Waals surface area contributed by atoms with Gasteiger partial charge in [-0.15, -0.1) is 0 Å². The second-order valence-corrected chi connectivity index (χ2v) is 8.09. The minimum atomic E-state index is -0.411. The van der Waals surface area contributed by atoms with E-state index in [0.717, 1.165) is 54.2 Å². The molecule has 7 nitrogen and oxygen atoms in total. The fraction of sp³-hybridized carbons (Fsp3) is 0.286. The number of carbonyl (C=O) groups is 1. The van der Waals surface area contributed by atoms with Crippen LogP contribution < -0.4 is 15.5 Å². The van der Waals surface area contributed by atoms with Crippen molar-refractivity contribution in [3.63, 3.8) is 0 Å². The number of amides is 1. The van der Waals surface area contributed by atoms with Crippen LogP contribution in [-0.4, -0.2) is 46.9 Å². The van der Waals surface area contributed by atoms with Gasteiger partial charge in [0.05, 0.1) is 23.9 Å². The number of rotatable bonds is 6. The molecule has 2 aromatic carbocycles. The standard InChI is InChI=1S/C20H23N5O2.C6H4F2.C2H6/c26-12-8-21-15-3-5-16(6-4-15)23-20(27)18-14-22-25-11-7-17(13-19(18)25)24-9-1-2-10-24;7-5-1-2-6(8)4-3-5;1-2/h3-7,11,13-14,21,26H,1-2,8-10,12H2,(H,23,27);1-4H;1-2H3. The molecule has 4 aromatic rings. The molecule has 196 valence electrons. The van der Waals surface area contributed by atoms with Gasteiger partial charge in [0.15, 0.2) is 0 Å². The van der Waals surface area contributed by atoms with E-state index in [0.29, 0.717) is 17.8 Å². The highest BCUT2D eigenvalue weighted by molar-refractivity contribution is 6.09. The van der Waals surface area contributed by atoms with Gasteiger partial charge in [0.1, 0.15) is 11.6 Å². The number of halogens is 2. The number of nitrogens with one attached hydrogen (secondary N) is 2. The highest BCUT2D eigenvalue weighted by atomic mass is 19.1. The number of carbonyl (C=O) groups excluding carboxylic acids is 1. The van der Waals surface area contributed by atoms with E-state index >= 15 is 0 Å². The van der Waals surface area contributed by atoms with Crippen molar-refractivity contribution in [3.8, 4) is 0 Å². The first-order valence-corrected chi connectivity index (χ1v) is 12.4. The fourth-order valence-corrected chi connectivity index (χ4v) is 3.82. The Hall–Kier alpha value is -3.98. The molecular formula is C28H33F2N5O2. The summed E-state index contributed by atoms with van der Waals surface area (Å²) in [6, 6.07) is 15.8. The lowest BCUT2D eigenvalue weighted by atomic mass is 10.2. The minimum Gasteiger partial charge on any atom is -0.395 e. The average molecular weight is 510 g/mol. The number of aliphatic hydroxyl groups is 1. The molecule has 3 N–H and O–H groups in total. The molecule has 5 rings (SSSR count). The van der Waals surface area contributed by atoms with Crippen molar-refractivity contribution in [1.29, 1.82) is 0 Å². The summed E-state index contributed by atoms with van der Waals surface area (Å²) in [6.07, 6.45) is 5.93. The molecule has 37 heavy (non-hydrogen) atoms. The molecule has 1 aliphatic heterocycles. The van der Waals surface area contributed by atoms with Crippen molar-refractivity contribution < 1.29 is 18.7 Å². The predicted octanol–water partition coefficient (Wildman–Crippen LogP) is 5.58. The lowest BCUT2D eigenvalue weighted by Crippen LogP contribution is -2.18. The first-order chi connectivity index (χ1) is 18.0. The summed E-state index contributed by atoms with van der Waals surface area (Å²) in [5.74, 6) is -1.00. The Morgan fingerprint density at radius 3 is 2.14 bits per heavy atom. The lowest BCUT2D eigenvalue weighted by Gasteiger charge is -2.17. The third-order valence-corrected chi connectivity index (χ3v) is 5.61. The van der Waals surface area contributed by atoms with Crippen LogP contribution in [0.4, 0.5) is 25.8 Å². The summed E-state index contributed by atoms with van der Waals surface area (Å²) >= 11 is 0. The SMILES string of the molecule is CC.Fc1ccc(F)cc1.O=C(Nc1ccc(NCCO)cc1)c1cnn2ccc(N3CCCC3)cc12. The molecule has 0 bridgehead atoms. The number of hydrogen-bond acceptors (Lipinski definition) is 5. The van der Waals surface area contributed by atoms with Gasteiger partial charge in [-0.2, -0.15) is 5.10 Å². The van der Waals surface area contributed by atoms with Gasteiger partial charge in [0.25, 0.3) is 5.91 Å². The van der Waals surface area contributed by atoms with Crippen LogP contribution in [0.1, 0.15) is 37.0 Å². The average Bonchev–Trinajstić information content (AvgIpc) is 3.62. The Balaban J connectivity index is 0.000000322. The van der Waals surface area contributed by atoms with Crippen LogP contribution in [-0.2, 0) is 0 Å². The van der Waals surface area contributed by atoms with Crippen LogP contribution in [0.3, 0.4) is 0 Å². The Labute approximate surface area is 215 Å². The zero-order chi connectivity index (χ0) is 26.6. The molecule has 0 spiro atoms. The van der Waals surface area contributed by atoms with Crippen LogP contribution in [0.5, 0.6) is 0 Å². The van der Waals surface area contributed by atoms with Gasteiger partial charge in [-0.25, -0.2) is 13.3 Å². The number of benzene rings is 2. The van der Waals surface area contributed by atoms with E-state index in [1.165, 1.54) is 12.8 Å². The van der Waals surface area contributed by atoms with Gasteiger partial charge in [-0.1, -0.05) is 13.8 Å². The van der Waals surface area contributed by atoms with E-state index < -0.39 is 11.6 Å². The van der Waals surface area contributed by atoms with E-state index in [9.17, 15) is 13.6 Å². The summed E-state index contributed by atoms with van der Waals surface area (Å²) in [6.45, 7) is 6.69. The maximum Gasteiger partial charge on any atom is 0.259 e. The quantitative estimate of drug-likeness (QED) is 0.316. The summed E-state index contributed by atoms with van der Waals surface area (Å²) < 4.78 is 25.6. The number of anilines is 3. The van der Waals surface area contributed by atoms with Crippen LogP contribution in [0, 0.1) is 11.6 Å². The summed E-state index contributed by atoms with van der Waals surface area (Å²) in [4.78, 5) is 15.1. The number of aliphatic hydroxyl groups excluding tert-OH is 1. The number of fused-ring (bicyclic) bond motifs is 1. The fourth-order valence-electron chi connectivity index (χ4n) is 3.82. The molecule has 2 aromatic heterocycles. The predicted molar refractivity (Wildman–Crippen MR) is 144 cm³/mol. The van der Waals surface area contributed by atoms with Gasteiger partial charge < -0.3 is 20.6 Å². The zero-order valence-electron chi connectivity index (χ0n) is 21.1. The first-order valence-electron chi connectivity index (χ1n) is 12.4. The second-order valence-electron chi connectivity index (χ2n) is 8.09. The molecule has 1 saturated heterocycles. The molecule has 1 aliphatic rings. The minimum absolute atomic E-state index is 0.0760. The van der Waals surface area contributed by atoms with Crippen molar-refractivity contribution in [3.05, 3.63) is 90.3 Å². The van der Waals surface area contributed by atoms with Crippen molar-refractivity contribution >= 4 is 28.5 Å². The third-order valence-electron chi connectivity index (χ3n) is 5.61. The number of nitrogens with zero attached hydrogens (tertiary/aromatic N) is 3. The number of pyridine rings is 1. The summed E-state index contributed by atoms with van der Waals surface area (Å²) in [5.41, 5.74) is 4.10. The van der Waals surface area contributed by atoms with Crippen LogP contribution in [0.25, 0.3) is 5.52 Å². The molecule has 1 amide bonds. The Morgan fingerprint density at radius 1 is 0.946 bits per heavy atom. The Bertz CT molecular complexity index is 1230. The maximum absolute atomic E-state index is 12.8. The molecular weight excluding hydrogens is 476 g/mol. The van der Waals surface area contributed by atoms with Gasteiger partial charge in [-0.3, -0.25) is 4.79 Å². The van der Waals surface area contributed by atoms with Gasteiger partial charge in [0.2, 0.25) is 0 Å². The second kappa shape index (κ2) is 13.9.